The summed E-state index contributed by atoms with van der Waals surface area (Å²) in [6.45, 7) is 1.78. The highest BCUT2D eigenvalue weighted by Gasteiger charge is 2.27. The summed E-state index contributed by atoms with van der Waals surface area (Å²) in [5.74, 6) is 0.413. The molecule has 8 heteroatoms. The Morgan fingerprint density at radius 2 is 2.22 bits per heavy atom. The Bertz CT molecular complexity index is 704. The number of benzene rings is 1. The van der Waals surface area contributed by atoms with Gasteiger partial charge in [0, 0.05) is 26.1 Å². The molecule has 0 bridgehead atoms. The molecular formula is C15H20N2O5S. The summed E-state index contributed by atoms with van der Waals surface area (Å²) in [5.41, 5.74) is 1.55. The van der Waals surface area contributed by atoms with Gasteiger partial charge in [-0.15, -0.1) is 0 Å². The van der Waals surface area contributed by atoms with Crippen molar-refractivity contribution in [3.63, 3.8) is 0 Å². The molecule has 7 nitrogen and oxygen atoms in total. The molecule has 2 aliphatic rings. The van der Waals surface area contributed by atoms with Crippen molar-refractivity contribution in [2.45, 2.75) is 12.5 Å². The number of ether oxygens (including phenoxy) is 2. The fraction of sp³-hybridized carbons (Fsp3) is 0.533. The minimum absolute atomic E-state index is 0.233. The molecule has 1 aromatic carbocycles. The number of hydrogen-bond acceptors (Lipinski definition) is 5. The molecule has 3 rings (SSSR count). The minimum atomic E-state index is -3.24. The van der Waals surface area contributed by atoms with Gasteiger partial charge in [0.2, 0.25) is 10.0 Å². The van der Waals surface area contributed by atoms with Crippen LogP contribution in [0.3, 0.4) is 0 Å². The molecule has 1 aromatic rings. The molecule has 1 fully saturated rings. The fourth-order valence-corrected chi connectivity index (χ4v) is 3.66. The van der Waals surface area contributed by atoms with Crippen molar-refractivity contribution in [2.75, 3.05) is 39.1 Å². The van der Waals surface area contributed by atoms with Crippen molar-refractivity contribution in [3.05, 3.63) is 29.3 Å². The van der Waals surface area contributed by atoms with Crippen molar-refractivity contribution in [3.8, 4) is 5.75 Å². The fourth-order valence-electron chi connectivity index (χ4n) is 2.81. The lowest BCUT2D eigenvalue weighted by Gasteiger charge is -2.31. The van der Waals surface area contributed by atoms with E-state index in [0.717, 1.165) is 12.0 Å². The first-order chi connectivity index (χ1) is 10.9. The molecule has 2 heterocycles. The standard InChI is InChI=1S/C15H20N2O5S/c1-23(19,20)17-6-8-21-12(10-17)9-16-15(18)13-4-2-3-11-5-7-22-14(11)13/h2-4,12H,5-10H2,1H3,(H,16,18). The lowest BCUT2D eigenvalue weighted by molar-refractivity contribution is 0.000424. The zero-order chi connectivity index (χ0) is 16.4. The molecule has 2 aliphatic heterocycles. The van der Waals surface area contributed by atoms with E-state index in [1.54, 1.807) is 6.07 Å². The molecule has 126 valence electrons. The highest BCUT2D eigenvalue weighted by atomic mass is 32.2. The molecule has 0 saturated carbocycles. The maximum Gasteiger partial charge on any atom is 0.255 e. The second kappa shape index (κ2) is 6.46. The van der Waals surface area contributed by atoms with Crippen LogP contribution >= 0.6 is 0 Å². The summed E-state index contributed by atoms with van der Waals surface area (Å²) in [6.07, 6.45) is 1.64. The van der Waals surface area contributed by atoms with E-state index in [1.165, 1.54) is 10.6 Å². The van der Waals surface area contributed by atoms with E-state index >= 15 is 0 Å². The maximum absolute atomic E-state index is 12.3. The molecule has 0 radical (unpaired) electrons. The smallest absolute Gasteiger partial charge is 0.255 e. The second-order valence-electron chi connectivity index (χ2n) is 5.72. The summed E-state index contributed by atoms with van der Waals surface area (Å²) in [7, 11) is -3.24. The van der Waals surface area contributed by atoms with Crippen LogP contribution in [0.1, 0.15) is 15.9 Å². The van der Waals surface area contributed by atoms with Crippen molar-refractivity contribution >= 4 is 15.9 Å². The summed E-state index contributed by atoms with van der Waals surface area (Å²) in [6, 6.07) is 5.52. The third kappa shape index (κ3) is 3.65. The number of para-hydroxylation sites is 1. The van der Waals surface area contributed by atoms with Crippen LogP contribution in [0.15, 0.2) is 18.2 Å². The number of amides is 1. The maximum atomic E-state index is 12.3. The summed E-state index contributed by atoms with van der Waals surface area (Å²) < 4.78 is 35.6. The molecule has 1 unspecified atom stereocenters. The number of rotatable bonds is 4. The first-order valence-electron chi connectivity index (χ1n) is 7.55. The summed E-state index contributed by atoms with van der Waals surface area (Å²) in [5, 5.41) is 2.80. The van der Waals surface area contributed by atoms with Gasteiger partial charge in [-0.1, -0.05) is 12.1 Å². The number of carbonyl (C=O) groups excluding carboxylic acids is 1. The van der Waals surface area contributed by atoms with Crippen LogP contribution in [0.2, 0.25) is 0 Å². The molecule has 1 saturated heterocycles. The summed E-state index contributed by atoms with van der Waals surface area (Å²) >= 11 is 0. The Morgan fingerprint density at radius 1 is 1.39 bits per heavy atom. The van der Waals surface area contributed by atoms with E-state index in [-0.39, 0.29) is 25.1 Å². The van der Waals surface area contributed by atoms with Gasteiger partial charge in [0.05, 0.1) is 31.1 Å². The van der Waals surface area contributed by atoms with Gasteiger partial charge >= 0.3 is 0 Å². The third-order valence-electron chi connectivity index (χ3n) is 4.02. The van der Waals surface area contributed by atoms with Crippen LogP contribution in [-0.4, -0.2) is 63.8 Å². The first kappa shape index (κ1) is 16.2. The zero-order valence-electron chi connectivity index (χ0n) is 12.9. The van der Waals surface area contributed by atoms with E-state index in [1.807, 2.05) is 12.1 Å². The predicted octanol–water partition coefficient (Wildman–Crippen LogP) is 0.0117. The third-order valence-corrected chi connectivity index (χ3v) is 5.29. The molecule has 1 amide bonds. The van der Waals surface area contributed by atoms with Gasteiger partial charge in [-0.05, 0) is 11.6 Å². The number of nitrogens with zero attached hydrogens (tertiary/aromatic N) is 1. The van der Waals surface area contributed by atoms with Gasteiger partial charge in [0.25, 0.3) is 5.91 Å². The Balaban J connectivity index is 1.60. The molecule has 0 aromatic heterocycles. The molecule has 1 atom stereocenters. The van der Waals surface area contributed by atoms with E-state index in [4.69, 9.17) is 9.47 Å². The number of carbonyl (C=O) groups is 1. The van der Waals surface area contributed by atoms with E-state index < -0.39 is 10.0 Å². The van der Waals surface area contributed by atoms with Crippen LogP contribution in [-0.2, 0) is 21.2 Å². The molecular weight excluding hydrogens is 320 g/mol. The molecule has 23 heavy (non-hydrogen) atoms. The van der Waals surface area contributed by atoms with Gasteiger partial charge < -0.3 is 14.8 Å². The quantitative estimate of drug-likeness (QED) is 0.835. The lowest BCUT2D eigenvalue weighted by Crippen LogP contribution is -2.49. The number of sulfonamides is 1. The van der Waals surface area contributed by atoms with Crippen LogP contribution < -0.4 is 10.1 Å². The van der Waals surface area contributed by atoms with E-state index in [0.29, 0.717) is 31.1 Å². The van der Waals surface area contributed by atoms with Gasteiger partial charge in [-0.2, -0.15) is 4.31 Å². The lowest BCUT2D eigenvalue weighted by atomic mass is 10.1. The minimum Gasteiger partial charge on any atom is -0.492 e. The van der Waals surface area contributed by atoms with Crippen LogP contribution in [0.4, 0.5) is 0 Å². The van der Waals surface area contributed by atoms with Crippen LogP contribution in [0.5, 0.6) is 5.75 Å². The monoisotopic (exact) mass is 340 g/mol. The SMILES string of the molecule is CS(=O)(=O)N1CCOC(CNC(=O)c2cccc3c2OCC3)C1. The second-order valence-corrected chi connectivity index (χ2v) is 7.70. The first-order valence-corrected chi connectivity index (χ1v) is 9.39. The van der Waals surface area contributed by atoms with E-state index in [9.17, 15) is 13.2 Å². The average Bonchev–Trinajstić information content (AvgIpc) is 3.00. The molecule has 1 N–H and O–H groups in total. The Kier molecular flexibility index (Phi) is 4.56. The number of fused-ring (bicyclic) bond motifs is 1. The number of hydrogen-bond donors (Lipinski definition) is 1. The largest absolute Gasteiger partial charge is 0.492 e. The Hall–Kier alpha value is -1.64. The normalized spacial score (nSPS) is 21.5. The number of morpholine rings is 1. The van der Waals surface area contributed by atoms with Crippen LogP contribution in [0.25, 0.3) is 0 Å². The van der Waals surface area contributed by atoms with Gasteiger partial charge in [-0.25, -0.2) is 8.42 Å². The van der Waals surface area contributed by atoms with Crippen LogP contribution in [0, 0.1) is 0 Å². The summed E-state index contributed by atoms with van der Waals surface area (Å²) in [4.78, 5) is 12.3. The zero-order valence-corrected chi connectivity index (χ0v) is 13.8. The van der Waals surface area contributed by atoms with Crippen molar-refractivity contribution in [1.82, 2.24) is 9.62 Å². The van der Waals surface area contributed by atoms with Crippen molar-refractivity contribution in [1.29, 1.82) is 0 Å². The highest BCUT2D eigenvalue weighted by Crippen LogP contribution is 2.29. The Morgan fingerprint density at radius 3 is 3.00 bits per heavy atom. The molecule has 0 aliphatic carbocycles. The average molecular weight is 340 g/mol. The van der Waals surface area contributed by atoms with Gasteiger partial charge in [0.15, 0.2) is 0 Å². The molecule has 0 spiro atoms. The predicted molar refractivity (Wildman–Crippen MR) is 84.1 cm³/mol. The van der Waals surface area contributed by atoms with Gasteiger partial charge in [0.1, 0.15) is 5.75 Å². The van der Waals surface area contributed by atoms with Crippen molar-refractivity contribution in [2.24, 2.45) is 0 Å². The van der Waals surface area contributed by atoms with Gasteiger partial charge in [-0.3, -0.25) is 4.79 Å². The Labute approximate surface area is 135 Å². The van der Waals surface area contributed by atoms with E-state index in [2.05, 4.69) is 5.32 Å². The topological polar surface area (TPSA) is 84.9 Å². The number of nitrogens with one attached hydrogen (secondary N) is 1. The highest BCUT2D eigenvalue weighted by molar-refractivity contribution is 7.88. The van der Waals surface area contributed by atoms with Crippen molar-refractivity contribution < 1.29 is 22.7 Å².